The second-order valence-corrected chi connectivity index (χ2v) is 8.23. The molecule has 2 heterocycles. The molecule has 138 valence electrons. The number of thioether (sulfide) groups is 1. The number of amides is 2. The van der Waals surface area contributed by atoms with Gasteiger partial charge in [0, 0.05) is 35.6 Å². The molecule has 2 aliphatic rings. The summed E-state index contributed by atoms with van der Waals surface area (Å²) in [6.07, 6.45) is 3.97. The van der Waals surface area contributed by atoms with Crippen molar-refractivity contribution in [2.75, 3.05) is 25.0 Å². The maximum absolute atomic E-state index is 12.8. The summed E-state index contributed by atoms with van der Waals surface area (Å²) in [5, 5.41) is 0.636. The molecule has 0 bridgehead atoms. The molecule has 0 N–H and O–H groups in total. The van der Waals surface area contributed by atoms with E-state index in [1.165, 1.54) is 11.8 Å². The number of rotatable bonds is 2. The molecule has 0 spiro atoms. The maximum Gasteiger partial charge on any atom is 0.264 e. The smallest absolute Gasteiger partial charge is 0.264 e. The minimum Gasteiger partial charge on any atom is -0.339 e. The number of likely N-dealkylation sites (tertiary alicyclic amines) is 1. The highest BCUT2D eigenvalue weighted by molar-refractivity contribution is 8.04. The number of carbonyl (C=O) groups excluding carboxylic acids is 2. The van der Waals surface area contributed by atoms with Crippen LogP contribution in [0.4, 0.5) is 5.69 Å². The van der Waals surface area contributed by atoms with Gasteiger partial charge in [0.1, 0.15) is 0 Å². The van der Waals surface area contributed by atoms with Crippen LogP contribution in [0.1, 0.15) is 28.8 Å². The molecule has 6 heteroatoms. The van der Waals surface area contributed by atoms with Crippen LogP contribution < -0.4 is 4.90 Å². The van der Waals surface area contributed by atoms with Crippen LogP contribution in [-0.4, -0.2) is 36.9 Å². The Balaban J connectivity index is 1.65. The van der Waals surface area contributed by atoms with Crippen molar-refractivity contribution in [1.29, 1.82) is 0 Å². The van der Waals surface area contributed by atoms with Gasteiger partial charge >= 0.3 is 0 Å². The predicted molar refractivity (Wildman–Crippen MR) is 110 cm³/mol. The SMILES string of the molecule is CN1C(=O)C(=Cc2cccc(Cl)c2)Sc2ccc(C(=O)N3CCCC3)cc21. The summed E-state index contributed by atoms with van der Waals surface area (Å²) in [5.74, 6) is -0.0420. The summed E-state index contributed by atoms with van der Waals surface area (Å²) < 4.78 is 0. The van der Waals surface area contributed by atoms with Gasteiger partial charge in [-0.2, -0.15) is 0 Å². The van der Waals surface area contributed by atoms with E-state index >= 15 is 0 Å². The van der Waals surface area contributed by atoms with Crippen LogP contribution >= 0.6 is 23.4 Å². The zero-order valence-electron chi connectivity index (χ0n) is 14.9. The third-order valence-corrected chi connectivity index (χ3v) is 6.15. The Labute approximate surface area is 167 Å². The average molecular weight is 399 g/mol. The highest BCUT2D eigenvalue weighted by Gasteiger charge is 2.28. The zero-order chi connectivity index (χ0) is 19.0. The van der Waals surface area contributed by atoms with Gasteiger partial charge in [0.2, 0.25) is 0 Å². The van der Waals surface area contributed by atoms with Crippen molar-refractivity contribution in [3.05, 3.63) is 63.5 Å². The van der Waals surface area contributed by atoms with Crippen LogP contribution in [0.25, 0.3) is 6.08 Å². The Morgan fingerprint density at radius 2 is 1.93 bits per heavy atom. The van der Waals surface area contributed by atoms with Crippen LogP contribution in [0.15, 0.2) is 52.3 Å². The number of benzene rings is 2. The molecule has 1 fully saturated rings. The summed E-state index contributed by atoms with van der Waals surface area (Å²) in [6, 6.07) is 13.0. The van der Waals surface area contributed by atoms with Crippen LogP contribution in [0.2, 0.25) is 5.02 Å². The minimum atomic E-state index is -0.0850. The van der Waals surface area contributed by atoms with E-state index in [4.69, 9.17) is 11.6 Å². The molecule has 4 rings (SSSR count). The van der Waals surface area contributed by atoms with Gasteiger partial charge in [-0.25, -0.2) is 0 Å². The molecule has 27 heavy (non-hydrogen) atoms. The quantitative estimate of drug-likeness (QED) is 0.689. The molecule has 2 aromatic carbocycles. The van der Waals surface area contributed by atoms with Gasteiger partial charge in [0.25, 0.3) is 11.8 Å². The van der Waals surface area contributed by atoms with Crippen molar-refractivity contribution >= 4 is 46.9 Å². The summed E-state index contributed by atoms with van der Waals surface area (Å²) in [4.78, 5) is 30.6. The lowest BCUT2D eigenvalue weighted by atomic mass is 10.1. The van der Waals surface area contributed by atoms with E-state index in [2.05, 4.69) is 0 Å². The molecule has 0 aliphatic carbocycles. The van der Waals surface area contributed by atoms with E-state index in [1.807, 2.05) is 47.4 Å². The Kier molecular flexibility index (Phi) is 4.98. The molecule has 0 aromatic heterocycles. The normalized spacial score (nSPS) is 18.1. The standard InChI is InChI=1S/C21H19ClN2O2S/c1-23-17-13-15(20(25)24-9-2-3-10-24)7-8-18(17)27-19(21(23)26)12-14-5-4-6-16(22)11-14/h4-8,11-13H,2-3,9-10H2,1H3. The first kappa shape index (κ1) is 18.1. The number of carbonyl (C=O) groups is 2. The van der Waals surface area contributed by atoms with Gasteiger partial charge in [0.05, 0.1) is 10.6 Å². The lowest BCUT2D eigenvalue weighted by Gasteiger charge is -2.28. The fourth-order valence-electron chi connectivity index (χ4n) is 3.38. The molecule has 2 aliphatic heterocycles. The van der Waals surface area contributed by atoms with Crippen LogP contribution in [0, 0.1) is 0 Å². The first-order chi connectivity index (χ1) is 13.0. The third kappa shape index (κ3) is 3.62. The number of fused-ring (bicyclic) bond motifs is 1. The van der Waals surface area contributed by atoms with Gasteiger partial charge < -0.3 is 9.80 Å². The average Bonchev–Trinajstić information content (AvgIpc) is 3.20. The van der Waals surface area contributed by atoms with Crippen molar-refractivity contribution in [3.63, 3.8) is 0 Å². The van der Waals surface area contributed by atoms with Gasteiger partial charge in [-0.15, -0.1) is 0 Å². The molecule has 0 unspecified atom stereocenters. The zero-order valence-corrected chi connectivity index (χ0v) is 16.5. The van der Waals surface area contributed by atoms with E-state index < -0.39 is 0 Å². The third-order valence-electron chi connectivity index (χ3n) is 4.84. The topological polar surface area (TPSA) is 40.6 Å². The molecule has 4 nitrogen and oxygen atoms in total. The number of likely N-dealkylation sites (N-methyl/N-ethyl adjacent to an activating group) is 1. The van der Waals surface area contributed by atoms with Gasteiger partial charge in [-0.3, -0.25) is 9.59 Å². The van der Waals surface area contributed by atoms with Crippen molar-refractivity contribution in [2.24, 2.45) is 0 Å². The second-order valence-electron chi connectivity index (χ2n) is 6.71. The Morgan fingerprint density at radius 3 is 2.67 bits per heavy atom. The summed E-state index contributed by atoms with van der Waals surface area (Å²) >= 11 is 7.47. The van der Waals surface area contributed by atoms with Gasteiger partial charge in [-0.05, 0) is 54.8 Å². The molecular weight excluding hydrogens is 380 g/mol. The molecule has 2 amide bonds. The predicted octanol–water partition coefficient (Wildman–Crippen LogP) is 4.69. The van der Waals surface area contributed by atoms with Crippen molar-refractivity contribution in [1.82, 2.24) is 4.90 Å². The summed E-state index contributed by atoms with van der Waals surface area (Å²) in [6.45, 7) is 1.62. The monoisotopic (exact) mass is 398 g/mol. The highest BCUT2D eigenvalue weighted by Crippen LogP contribution is 2.42. The summed E-state index contributed by atoms with van der Waals surface area (Å²) in [5.41, 5.74) is 2.30. The fraction of sp³-hybridized carbons (Fsp3) is 0.238. The first-order valence-electron chi connectivity index (χ1n) is 8.89. The Hall–Kier alpha value is -2.24. The number of hydrogen-bond donors (Lipinski definition) is 0. The van der Waals surface area contributed by atoms with E-state index in [9.17, 15) is 9.59 Å². The van der Waals surface area contributed by atoms with E-state index in [-0.39, 0.29) is 11.8 Å². The number of nitrogens with zero attached hydrogens (tertiary/aromatic N) is 2. The van der Waals surface area contributed by atoms with E-state index in [0.717, 1.165) is 42.1 Å². The van der Waals surface area contributed by atoms with Gasteiger partial charge in [0.15, 0.2) is 0 Å². The van der Waals surface area contributed by atoms with Crippen molar-refractivity contribution in [3.8, 4) is 0 Å². The van der Waals surface area contributed by atoms with Crippen LogP contribution in [0.3, 0.4) is 0 Å². The molecule has 1 saturated heterocycles. The highest BCUT2D eigenvalue weighted by atomic mass is 35.5. The molecule has 0 radical (unpaired) electrons. The Morgan fingerprint density at radius 1 is 1.15 bits per heavy atom. The van der Waals surface area contributed by atoms with Gasteiger partial charge in [-0.1, -0.05) is 35.5 Å². The van der Waals surface area contributed by atoms with Crippen LogP contribution in [0.5, 0.6) is 0 Å². The molecule has 0 atom stereocenters. The lowest BCUT2D eigenvalue weighted by Crippen LogP contribution is -2.31. The summed E-state index contributed by atoms with van der Waals surface area (Å²) in [7, 11) is 1.75. The molecular formula is C21H19ClN2O2S. The molecule has 0 saturated carbocycles. The fourth-order valence-corrected chi connectivity index (χ4v) is 4.67. The lowest BCUT2D eigenvalue weighted by molar-refractivity contribution is -0.114. The maximum atomic E-state index is 12.8. The number of hydrogen-bond acceptors (Lipinski definition) is 3. The largest absolute Gasteiger partial charge is 0.339 e. The second kappa shape index (κ2) is 7.41. The number of anilines is 1. The van der Waals surface area contributed by atoms with Crippen molar-refractivity contribution < 1.29 is 9.59 Å². The Bertz CT molecular complexity index is 951. The van der Waals surface area contributed by atoms with Crippen LogP contribution in [-0.2, 0) is 4.79 Å². The molecule has 2 aromatic rings. The van der Waals surface area contributed by atoms with E-state index in [1.54, 1.807) is 18.0 Å². The van der Waals surface area contributed by atoms with E-state index in [0.29, 0.717) is 15.5 Å². The number of halogens is 1. The minimum absolute atomic E-state index is 0.0430. The first-order valence-corrected chi connectivity index (χ1v) is 10.1. The van der Waals surface area contributed by atoms with Crippen molar-refractivity contribution in [2.45, 2.75) is 17.7 Å².